The number of hydrogen-bond acceptors (Lipinski definition) is 2. The molecule has 1 heterocycles. The van der Waals surface area contributed by atoms with Crippen LogP contribution in [0.5, 0.6) is 0 Å². The van der Waals surface area contributed by atoms with Crippen molar-refractivity contribution in [2.45, 2.75) is 32.2 Å². The predicted molar refractivity (Wildman–Crippen MR) is 94.6 cm³/mol. The van der Waals surface area contributed by atoms with Crippen LogP contribution in [0, 0.1) is 0 Å². The van der Waals surface area contributed by atoms with Gasteiger partial charge in [0.1, 0.15) is 0 Å². The van der Waals surface area contributed by atoms with Crippen molar-refractivity contribution in [2.24, 2.45) is 0 Å². The Kier molecular flexibility index (Phi) is 4.94. The average molecular weight is 322 g/mol. The van der Waals surface area contributed by atoms with Gasteiger partial charge < -0.3 is 10.2 Å². The number of carbonyl (C=O) groups excluding carboxylic acids is 2. The Morgan fingerprint density at radius 2 is 1.79 bits per heavy atom. The molecule has 0 aromatic heterocycles. The van der Waals surface area contributed by atoms with Crippen molar-refractivity contribution in [1.82, 2.24) is 4.90 Å². The summed E-state index contributed by atoms with van der Waals surface area (Å²) in [4.78, 5) is 25.8. The SMILES string of the molecule is CC(=O)Nc1ccc(CC(=O)N2CCCC2c2ccccc2)cc1. The first-order valence-electron chi connectivity index (χ1n) is 8.34. The summed E-state index contributed by atoms with van der Waals surface area (Å²) in [6, 6.07) is 17.9. The second-order valence-corrected chi connectivity index (χ2v) is 6.21. The zero-order chi connectivity index (χ0) is 16.9. The van der Waals surface area contributed by atoms with Crippen LogP contribution in [0.15, 0.2) is 54.6 Å². The van der Waals surface area contributed by atoms with E-state index in [1.54, 1.807) is 0 Å². The number of rotatable bonds is 4. The predicted octanol–water partition coefficient (Wildman–Crippen LogP) is 3.55. The third kappa shape index (κ3) is 3.82. The van der Waals surface area contributed by atoms with Gasteiger partial charge in [-0.2, -0.15) is 0 Å². The number of nitrogens with one attached hydrogen (secondary N) is 1. The van der Waals surface area contributed by atoms with Gasteiger partial charge in [-0.3, -0.25) is 9.59 Å². The van der Waals surface area contributed by atoms with Crippen molar-refractivity contribution in [2.75, 3.05) is 11.9 Å². The molecule has 1 fully saturated rings. The molecule has 0 radical (unpaired) electrons. The zero-order valence-corrected chi connectivity index (χ0v) is 13.9. The van der Waals surface area contributed by atoms with Gasteiger partial charge in [-0.15, -0.1) is 0 Å². The number of likely N-dealkylation sites (tertiary alicyclic amines) is 1. The first kappa shape index (κ1) is 16.2. The van der Waals surface area contributed by atoms with Crippen LogP contribution in [0.1, 0.15) is 36.9 Å². The highest BCUT2D eigenvalue weighted by Crippen LogP contribution is 2.32. The highest BCUT2D eigenvalue weighted by molar-refractivity contribution is 5.88. The third-order valence-corrected chi connectivity index (χ3v) is 4.39. The minimum Gasteiger partial charge on any atom is -0.335 e. The summed E-state index contributed by atoms with van der Waals surface area (Å²) in [7, 11) is 0. The topological polar surface area (TPSA) is 49.4 Å². The van der Waals surface area contributed by atoms with E-state index >= 15 is 0 Å². The van der Waals surface area contributed by atoms with Crippen molar-refractivity contribution in [3.63, 3.8) is 0 Å². The second-order valence-electron chi connectivity index (χ2n) is 6.21. The van der Waals surface area contributed by atoms with E-state index in [4.69, 9.17) is 0 Å². The van der Waals surface area contributed by atoms with Crippen LogP contribution in [0.2, 0.25) is 0 Å². The minimum atomic E-state index is -0.0957. The van der Waals surface area contributed by atoms with Gasteiger partial charge in [0.2, 0.25) is 11.8 Å². The fraction of sp³-hybridized carbons (Fsp3) is 0.300. The van der Waals surface area contributed by atoms with Gasteiger partial charge in [0.25, 0.3) is 0 Å². The summed E-state index contributed by atoms with van der Waals surface area (Å²) in [5.74, 6) is 0.0650. The summed E-state index contributed by atoms with van der Waals surface area (Å²) < 4.78 is 0. The molecule has 24 heavy (non-hydrogen) atoms. The Morgan fingerprint density at radius 1 is 1.08 bits per heavy atom. The van der Waals surface area contributed by atoms with E-state index in [-0.39, 0.29) is 17.9 Å². The second kappa shape index (κ2) is 7.30. The van der Waals surface area contributed by atoms with Crippen LogP contribution < -0.4 is 5.32 Å². The van der Waals surface area contributed by atoms with E-state index in [2.05, 4.69) is 17.4 Å². The summed E-state index contributed by atoms with van der Waals surface area (Å²) in [5, 5.41) is 2.73. The van der Waals surface area contributed by atoms with E-state index < -0.39 is 0 Å². The molecule has 2 aromatic carbocycles. The quantitative estimate of drug-likeness (QED) is 0.936. The average Bonchev–Trinajstić information content (AvgIpc) is 3.07. The minimum absolute atomic E-state index is 0.0957. The number of anilines is 1. The van der Waals surface area contributed by atoms with Crippen LogP contribution in [0.3, 0.4) is 0 Å². The van der Waals surface area contributed by atoms with Gasteiger partial charge >= 0.3 is 0 Å². The van der Waals surface area contributed by atoms with Crippen LogP contribution in [-0.4, -0.2) is 23.3 Å². The molecular weight excluding hydrogens is 300 g/mol. The van der Waals surface area contributed by atoms with Crippen molar-refractivity contribution in [3.05, 3.63) is 65.7 Å². The molecule has 1 aliphatic heterocycles. The number of benzene rings is 2. The molecule has 4 heteroatoms. The van der Waals surface area contributed by atoms with E-state index in [9.17, 15) is 9.59 Å². The highest BCUT2D eigenvalue weighted by Gasteiger charge is 2.29. The van der Waals surface area contributed by atoms with Gasteiger partial charge in [0.05, 0.1) is 12.5 Å². The van der Waals surface area contributed by atoms with Gasteiger partial charge in [0.15, 0.2) is 0 Å². The summed E-state index contributed by atoms with van der Waals surface area (Å²) in [5.41, 5.74) is 2.93. The lowest BCUT2D eigenvalue weighted by Crippen LogP contribution is -2.31. The van der Waals surface area contributed by atoms with Gasteiger partial charge in [-0.25, -0.2) is 0 Å². The molecule has 0 bridgehead atoms. The van der Waals surface area contributed by atoms with Crippen LogP contribution in [0.25, 0.3) is 0 Å². The number of carbonyl (C=O) groups is 2. The van der Waals surface area contributed by atoms with Gasteiger partial charge in [-0.05, 0) is 36.1 Å². The van der Waals surface area contributed by atoms with E-state index in [0.717, 1.165) is 30.6 Å². The lowest BCUT2D eigenvalue weighted by molar-refractivity contribution is -0.131. The first-order valence-corrected chi connectivity index (χ1v) is 8.34. The molecule has 1 unspecified atom stereocenters. The lowest BCUT2D eigenvalue weighted by atomic mass is 10.0. The van der Waals surface area contributed by atoms with Crippen molar-refractivity contribution in [3.8, 4) is 0 Å². The van der Waals surface area contributed by atoms with E-state index in [1.165, 1.54) is 12.5 Å². The molecule has 1 saturated heterocycles. The largest absolute Gasteiger partial charge is 0.335 e. The summed E-state index contributed by atoms with van der Waals surface area (Å²) in [6.45, 7) is 2.30. The molecule has 0 saturated carbocycles. The monoisotopic (exact) mass is 322 g/mol. The summed E-state index contributed by atoms with van der Waals surface area (Å²) >= 11 is 0. The molecule has 3 rings (SSSR count). The molecule has 0 aliphatic carbocycles. The normalized spacial score (nSPS) is 16.9. The molecule has 2 amide bonds. The number of nitrogens with zero attached hydrogens (tertiary/aromatic N) is 1. The fourth-order valence-corrected chi connectivity index (χ4v) is 3.27. The molecule has 1 atom stereocenters. The standard InChI is InChI=1S/C20H22N2O2/c1-15(23)21-18-11-9-16(10-12-18)14-20(24)22-13-5-8-19(22)17-6-3-2-4-7-17/h2-4,6-7,9-12,19H,5,8,13-14H2,1H3,(H,21,23). The highest BCUT2D eigenvalue weighted by atomic mass is 16.2. The maximum atomic E-state index is 12.7. The van der Waals surface area contributed by atoms with Crippen molar-refractivity contribution < 1.29 is 9.59 Å². The molecule has 4 nitrogen and oxygen atoms in total. The third-order valence-electron chi connectivity index (χ3n) is 4.39. The summed E-state index contributed by atoms with van der Waals surface area (Å²) in [6.07, 6.45) is 2.47. The Bertz CT molecular complexity index is 710. The Labute approximate surface area is 142 Å². The van der Waals surface area contributed by atoms with Gasteiger partial charge in [-0.1, -0.05) is 42.5 Å². The fourth-order valence-electron chi connectivity index (χ4n) is 3.27. The Balaban J connectivity index is 1.67. The Morgan fingerprint density at radius 3 is 2.46 bits per heavy atom. The van der Waals surface area contributed by atoms with Gasteiger partial charge in [0, 0.05) is 19.2 Å². The molecule has 1 N–H and O–H groups in total. The van der Waals surface area contributed by atoms with E-state index in [1.807, 2.05) is 47.4 Å². The number of hydrogen-bond donors (Lipinski definition) is 1. The van der Waals surface area contributed by atoms with Crippen molar-refractivity contribution in [1.29, 1.82) is 0 Å². The lowest BCUT2D eigenvalue weighted by Gasteiger charge is -2.25. The van der Waals surface area contributed by atoms with Crippen LogP contribution in [0.4, 0.5) is 5.69 Å². The zero-order valence-electron chi connectivity index (χ0n) is 13.9. The Hall–Kier alpha value is -2.62. The molecular formula is C20H22N2O2. The molecule has 1 aliphatic rings. The van der Waals surface area contributed by atoms with E-state index in [0.29, 0.717) is 6.42 Å². The number of amides is 2. The molecule has 0 spiro atoms. The van der Waals surface area contributed by atoms with Crippen LogP contribution in [-0.2, 0) is 16.0 Å². The smallest absolute Gasteiger partial charge is 0.227 e. The maximum absolute atomic E-state index is 12.7. The van der Waals surface area contributed by atoms with Crippen LogP contribution >= 0.6 is 0 Å². The van der Waals surface area contributed by atoms with Crippen molar-refractivity contribution >= 4 is 17.5 Å². The molecule has 2 aromatic rings. The first-order chi connectivity index (χ1) is 11.6. The maximum Gasteiger partial charge on any atom is 0.227 e. The molecule has 124 valence electrons.